The predicted molar refractivity (Wildman–Crippen MR) is 76.4 cm³/mol. The summed E-state index contributed by atoms with van der Waals surface area (Å²) in [5, 5.41) is 13.1. The molecule has 0 unspecified atom stereocenters. The zero-order valence-corrected chi connectivity index (χ0v) is 12.3. The highest BCUT2D eigenvalue weighted by Crippen LogP contribution is 2.27. The summed E-state index contributed by atoms with van der Waals surface area (Å²) in [6, 6.07) is 5.00. The number of anilines is 1. The van der Waals surface area contributed by atoms with Gasteiger partial charge in [0, 0.05) is 36.9 Å². The SMILES string of the molecule is CN(Cc1cnn(C)c1)c1ccc(C(=O)O)cc1Br. The molecule has 1 aromatic carbocycles. The van der Waals surface area contributed by atoms with Crippen molar-refractivity contribution in [2.75, 3.05) is 11.9 Å². The first-order chi connectivity index (χ1) is 8.97. The van der Waals surface area contributed by atoms with Crippen molar-refractivity contribution in [3.05, 3.63) is 46.2 Å². The number of rotatable bonds is 4. The molecule has 19 heavy (non-hydrogen) atoms. The van der Waals surface area contributed by atoms with Gasteiger partial charge in [-0.3, -0.25) is 4.68 Å². The van der Waals surface area contributed by atoms with Crippen molar-refractivity contribution in [2.45, 2.75) is 6.54 Å². The minimum absolute atomic E-state index is 0.269. The fourth-order valence-corrected chi connectivity index (χ4v) is 2.54. The van der Waals surface area contributed by atoms with Gasteiger partial charge in [-0.1, -0.05) is 0 Å². The number of carbonyl (C=O) groups is 1. The lowest BCUT2D eigenvalue weighted by molar-refractivity contribution is 0.0697. The summed E-state index contributed by atoms with van der Waals surface area (Å²) in [5.41, 5.74) is 2.30. The molecule has 0 fully saturated rings. The molecule has 1 N–H and O–H groups in total. The topological polar surface area (TPSA) is 58.4 Å². The fourth-order valence-electron chi connectivity index (χ4n) is 1.86. The van der Waals surface area contributed by atoms with Crippen LogP contribution in [-0.4, -0.2) is 27.9 Å². The Morgan fingerprint density at radius 1 is 1.53 bits per heavy atom. The molecule has 0 amide bonds. The van der Waals surface area contributed by atoms with Crippen LogP contribution < -0.4 is 4.90 Å². The maximum absolute atomic E-state index is 10.9. The third-order valence-electron chi connectivity index (χ3n) is 2.78. The molecule has 0 aliphatic heterocycles. The van der Waals surface area contributed by atoms with Gasteiger partial charge in [-0.15, -0.1) is 0 Å². The van der Waals surface area contributed by atoms with E-state index in [9.17, 15) is 4.79 Å². The second kappa shape index (κ2) is 5.44. The van der Waals surface area contributed by atoms with Crippen LogP contribution in [0.1, 0.15) is 15.9 Å². The van der Waals surface area contributed by atoms with Gasteiger partial charge in [0.15, 0.2) is 0 Å². The van der Waals surface area contributed by atoms with Gasteiger partial charge in [0.25, 0.3) is 0 Å². The van der Waals surface area contributed by atoms with Crippen molar-refractivity contribution in [3.63, 3.8) is 0 Å². The molecule has 0 aliphatic rings. The number of halogens is 1. The van der Waals surface area contributed by atoms with Crippen molar-refractivity contribution < 1.29 is 9.90 Å². The molecule has 2 rings (SSSR count). The Balaban J connectivity index is 2.19. The predicted octanol–water partition coefficient (Wildman–Crippen LogP) is 2.52. The molecule has 6 heteroatoms. The van der Waals surface area contributed by atoms with Crippen molar-refractivity contribution >= 4 is 27.6 Å². The highest BCUT2D eigenvalue weighted by molar-refractivity contribution is 9.10. The summed E-state index contributed by atoms with van der Waals surface area (Å²) in [6.07, 6.45) is 3.77. The van der Waals surface area contributed by atoms with Crippen molar-refractivity contribution in [3.8, 4) is 0 Å². The van der Waals surface area contributed by atoms with E-state index in [1.165, 1.54) is 0 Å². The summed E-state index contributed by atoms with van der Waals surface area (Å²) in [4.78, 5) is 12.9. The van der Waals surface area contributed by atoms with Gasteiger partial charge < -0.3 is 10.0 Å². The Morgan fingerprint density at radius 3 is 2.79 bits per heavy atom. The van der Waals surface area contributed by atoms with E-state index in [4.69, 9.17) is 5.11 Å². The first-order valence-corrected chi connectivity index (χ1v) is 6.48. The second-order valence-corrected chi connectivity index (χ2v) is 5.20. The van der Waals surface area contributed by atoms with Crippen LogP contribution in [0, 0.1) is 0 Å². The molecule has 0 saturated carbocycles. The summed E-state index contributed by atoms with van der Waals surface area (Å²) in [5.74, 6) is -0.929. The number of carboxylic acids is 1. The molecule has 0 aliphatic carbocycles. The molecule has 5 nitrogen and oxygen atoms in total. The van der Waals surface area contributed by atoms with Crippen LogP contribution in [0.25, 0.3) is 0 Å². The third-order valence-corrected chi connectivity index (χ3v) is 3.42. The van der Waals surface area contributed by atoms with E-state index in [2.05, 4.69) is 21.0 Å². The zero-order chi connectivity index (χ0) is 14.0. The van der Waals surface area contributed by atoms with Gasteiger partial charge in [0.1, 0.15) is 0 Å². The number of nitrogens with zero attached hydrogens (tertiary/aromatic N) is 3. The van der Waals surface area contributed by atoms with Crippen molar-refractivity contribution in [1.29, 1.82) is 0 Å². The molecular weight excluding hydrogens is 310 g/mol. The Labute approximate surface area is 119 Å². The molecule has 1 heterocycles. The standard InChI is InChI=1S/C13H14BrN3O2/c1-16(7-9-6-15-17(2)8-9)12-4-3-10(13(18)19)5-11(12)14/h3-6,8H,7H2,1-2H3,(H,18,19). The Kier molecular flexibility index (Phi) is 3.90. The number of hydrogen-bond acceptors (Lipinski definition) is 3. The number of aromatic nitrogens is 2. The van der Waals surface area contributed by atoms with Gasteiger partial charge in [-0.2, -0.15) is 5.10 Å². The van der Waals surface area contributed by atoms with E-state index in [-0.39, 0.29) is 5.56 Å². The molecule has 0 spiro atoms. The molecule has 0 radical (unpaired) electrons. The third kappa shape index (κ3) is 3.14. The lowest BCUT2D eigenvalue weighted by atomic mass is 10.2. The molecular formula is C13H14BrN3O2. The molecule has 0 atom stereocenters. The van der Waals surface area contributed by atoms with Gasteiger partial charge in [0.05, 0.1) is 17.4 Å². The van der Waals surface area contributed by atoms with Crippen LogP contribution in [0.5, 0.6) is 0 Å². The Hall–Kier alpha value is -1.82. The van der Waals surface area contributed by atoms with E-state index in [1.807, 2.05) is 31.4 Å². The average Bonchev–Trinajstić information content (AvgIpc) is 2.74. The minimum Gasteiger partial charge on any atom is -0.478 e. The maximum atomic E-state index is 10.9. The quantitative estimate of drug-likeness (QED) is 0.939. The molecule has 100 valence electrons. The average molecular weight is 324 g/mol. The number of benzene rings is 1. The highest BCUT2D eigenvalue weighted by Gasteiger charge is 2.10. The highest BCUT2D eigenvalue weighted by atomic mass is 79.9. The summed E-state index contributed by atoms with van der Waals surface area (Å²) >= 11 is 3.41. The van der Waals surface area contributed by atoms with E-state index in [1.54, 1.807) is 22.9 Å². The second-order valence-electron chi connectivity index (χ2n) is 4.35. The van der Waals surface area contributed by atoms with E-state index in [0.29, 0.717) is 6.54 Å². The van der Waals surface area contributed by atoms with Crippen LogP contribution in [0.15, 0.2) is 35.1 Å². The van der Waals surface area contributed by atoms with Crippen LogP contribution in [0.2, 0.25) is 0 Å². The maximum Gasteiger partial charge on any atom is 0.335 e. The molecule has 0 bridgehead atoms. The van der Waals surface area contributed by atoms with E-state index in [0.717, 1.165) is 15.7 Å². The normalized spacial score (nSPS) is 10.5. The van der Waals surface area contributed by atoms with Crippen LogP contribution in [0.4, 0.5) is 5.69 Å². The number of hydrogen-bond donors (Lipinski definition) is 1. The van der Waals surface area contributed by atoms with Gasteiger partial charge in [0.2, 0.25) is 0 Å². The Bertz CT molecular complexity index is 610. The van der Waals surface area contributed by atoms with Crippen LogP contribution >= 0.6 is 15.9 Å². The van der Waals surface area contributed by atoms with Gasteiger partial charge in [-0.05, 0) is 34.1 Å². The fraction of sp³-hybridized carbons (Fsp3) is 0.231. The number of carboxylic acid groups (broad SMARTS) is 1. The monoisotopic (exact) mass is 323 g/mol. The summed E-state index contributed by atoms with van der Waals surface area (Å²) in [6.45, 7) is 0.707. The van der Waals surface area contributed by atoms with Crippen LogP contribution in [-0.2, 0) is 13.6 Å². The molecule has 0 saturated heterocycles. The lowest BCUT2D eigenvalue weighted by Crippen LogP contribution is -2.16. The first-order valence-electron chi connectivity index (χ1n) is 5.69. The van der Waals surface area contributed by atoms with Crippen LogP contribution in [0.3, 0.4) is 0 Å². The number of aryl methyl sites for hydroxylation is 1. The molecule has 1 aromatic heterocycles. The van der Waals surface area contributed by atoms with E-state index >= 15 is 0 Å². The van der Waals surface area contributed by atoms with Crippen molar-refractivity contribution in [2.24, 2.45) is 7.05 Å². The molecule has 2 aromatic rings. The minimum atomic E-state index is -0.929. The Morgan fingerprint density at radius 2 is 2.26 bits per heavy atom. The first kappa shape index (κ1) is 13.6. The van der Waals surface area contributed by atoms with Gasteiger partial charge >= 0.3 is 5.97 Å². The number of aromatic carboxylic acids is 1. The zero-order valence-electron chi connectivity index (χ0n) is 10.7. The largest absolute Gasteiger partial charge is 0.478 e. The van der Waals surface area contributed by atoms with Crippen molar-refractivity contribution in [1.82, 2.24) is 9.78 Å². The smallest absolute Gasteiger partial charge is 0.335 e. The summed E-state index contributed by atoms with van der Waals surface area (Å²) in [7, 11) is 3.83. The summed E-state index contributed by atoms with van der Waals surface area (Å²) < 4.78 is 2.52. The van der Waals surface area contributed by atoms with E-state index < -0.39 is 5.97 Å². The lowest BCUT2D eigenvalue weighted by Gasteiger charge is -2.20. The van der Waals surface area contributed by atoms with Gasteiger partial charge in [-0.25, -0.2) is 4.79 Å².